The van der Waals surface area contributed by atoms with Crippen LogP contribution in [0.4, 0.5) is 0 Å². The Labute approximate surface area is 231 Å². The summed E-state index contributed by atoms with van der Waals surface area (Å²) in [5.41, 5.74) is 3.93. The Bertz CT molecular complexity index is 1210. The maximum Gasteiger partial charge on any atom is 0.124 e. The smallest absolute Gasteiger partial charge is 0.124 e. The molecule has 2 heterocycles. The Morgan fingerprint density at radius 1 is 0.718 bits per heavy atom. The predicted molar refractivity (Wildman–Crippen MR) is 155 cm³/mol. The van der Waals surface area contributed by atoms with Gasteiger partial charge >= 0.3 is 0 Å². The fraction of sp³-hybridized carbons (Fsp3) is 0.281. The molecule has 2 aromatic carbocycles. The summed E-state index contributed by atoms with van der Waals surface area (Å²) in [4.78, 5) is 18.1. The number of aliphatic imine (C=N–C) groups is 1. The molecular weight excluding hydrogens is 486 g/mol. The van der Waals surface area contributed by atoms with Crippen molar-refractivity contribution >= 4 is 6.21 Å². The normalized spacial score (nSPS) is 12.4. The summed E-state index contributed by atoms with van der Waals surface area (Å²) in [7, 11) is 0. The van der Waals surface area contributed by atoms with Gasteiger partial charge in [0.15, 0.2) is 0 Å². The number of aliphatic hydroxyl groups excluding tert-OH is 1. The lowest BCUT2D eigenvalue weighted by atomic mass is 10.1. The first-order valence-electron chi connectivity index (χ1n) is 13.4. The topological polar surface area (TPSA) is 85.1 Å². The molecular formula is C32H37N5O2. The number of hydrogen-bond donors (Lipinski definition) is 2. The lowest BCUT2D eigenvalue weighted by molar-refractivity contribution is 0.0932. The molecule has 0 amide bonds. The Kier molecular flexibility index (Phi) is 11.2. The Balaban J connectivity index is 1.38. The van der Waals surface area contributed by atoms with E-state index in [1.54, 1.807) is 18.3 Å². The first-order chi connectivity index (χ1) is 19.2. The van der Waals surface area contributed by atoms with Crippen molar-refractivity contribution in [2.75, 3.05) is 26.2 Å². The molecule has 0 aliphatic heterocycles. The summed E-state index contributed by atoms with van der Waals surface area (Å²) in [5, 5.41) is 20.8. The second kappa shape index (κ2) is 15.5. The Morgan fingerprint density at radius 3 is 1.97 bits per heavy atom. The summed E-state index contributed by atoms with van der Waals surface area (Å²) < 4.78 is 0. The SMILES string of the molecule is Oc1ccccc1C=NCC[C@@H](O)CN(CCN(Cc1ccccn1)Cc1ccccn1)Cc1ccccc1. The van der Waals surface area contributed by atoms with Crippen LogP contribution in [0.5, 0.6) is 5.75 Å². The van der Waals surface area contributed by atoms with Crippen LogP contribution >= 0.6 is 0 Å². The number of hydrogen-bond acceptors (Lipinski definition) is 7. The molecule has 39 heavy (non-hydrogen) atoms. The fourth-order valence-electron chi connectivity index (χ4n) is 4.39. The molecule has 7 nitrogen and oxygen atoms in total. The molecule has 0 spiro atoms. The minimum Gasteiger partial charge on any atom is -0.507 e. The van der Waals surface area contributed by atoms with Gasteiger partial charge in [-0.15, -0.1) is 0 Å². The van der Waals surface area contributed by atoms with Gasteiger partial charge in [-0.05, 0) is 48.4 Å². The van der Waals surface area contributed by atoms with Crippen LogP contribution in [-0.4, -0.2) is 68.5 Å². The molecule has 0 unspecified atom stereocenters. The van der Waals surface area contributed by atoms with E-state index in [2.05, 4.69) is 36.9 Å². The molecule has 7 heteroatoms. The minimum atomic E-state index is -0.518. The van der Waals surface area contributed by atoms with Gasteiger partial charge in [0.05, 0.1) is 17.5 Å². The van der Waals surface area contributed by atoms with Crippen molar-refractivity contribution in [2.24, 2.45) is 4.99 Å². The van der Waals surface area contributed by atoms with Crippen LogP contribution in [0.25, 0.3) is 0 Å². The molecule has 2 aromatic heterocycles. The number of aliphatic hydroxyl groups is 1. The Hall–Kier alpha value is -3.91. The van der Waals surface area contributed by atoms with Crippen molar-refractivity contribution in [3.63, 3.8) is 0 Å². The van der Waals surface area contributed by atoms with E-state index in [1.807, 2.05) is 79.1 Å². The third kappa shape index (κ3) is 10.1. The number of phenols is 1. The van der Waals surface area contributed by atoms with Crippen LogP contribution in [0.1, 0.15) is 28.9 Å². The van der Waals surface area contributed by atoms with Gasteiger partial charge in [-0.25, -0.2) is 0 Å². The van der Waals surface area contributed by atoms with E-state index < -0.39 is 6.10 Å². The van der Waals surface area contributed by atoms with Crippen molar-refractivity contribution in [3.8, 4) is 5.75 Å². The van der Waals surface area contributed by atoms with Gasteiger partial charge in [-0.2, -0.15) is 0 Å². The second-order valence-corrected chi connectivity index (χ2v) is 9.61. The maximum atomic E-state index is 10.9. The van der Waals surface area contributed by atoms with Gasteiger partial charge in [-0.3, -0.25) is 24.8 Å². The third-order valence-corrected chi connectivity index (χ3v) is 6.43. The highest BCUT2D eigenvalue weighted by molar-refractivity contribution is 5.83. The number of aromatic nitrogens is 2. The largest absolute Gasteiger partial charge is 0.507 e. The number of phenolic OH excluding ortho intramolecular Hbond substituents is 1. The van der Waals surface area contributed by atoms with Crippen molar-refractivity contribution < 1.29 is 10.2 Å². The molecule has 0 radical (unpaired) electrons. The van der Waals surface area contributed by atoms with Gasteiger partial charge in [-0.1, -0.05) is 54.6 Å². The fourth-order valence-corrected chi connectivity index (χ4v) is 4.39. The van der Waals surface area contributed by atoms with Crippen LogP contribution in [-0.2, 0) is 19.6 Å². The number of aromatic hydroxyl groups is 1. The van der Waals surface area contributed by atoms with Crippen LogP contribution < -0.4 is 0 Å². The summed E-state index contributed by atoms with van der Waals surface area (Å²) in [5.74, 6) is 0.205. The van der Waals surface area contributed by atoms with E-state index in [4.69, 9.17) is 0 Å². The Morgan fingerprint density at radius 2 is 1.33 bits per heavy atom. The molecule has 0 saturated carbocycles. The van der Waals surface area contributed by atoms with E-state index >= 15 is 0 Å². The zero-order valence-corrected chi connectivity index (χ0v) is 22.3. The molecule has 0 aliphatic rings. The van der Waals surface area contributed by atoms with E-state index in [1.165, 1.54) is 5.56 Å². The molecule has 0 aliphatic carbocycles. The van der Waals surface area contributed by atoms with Gasteiger partial charge in [0, 0.05) is 70.0 Å². The average molecular weight is 524 g/mol. The predicted octanol–water partition coefficient (Wildman–Crippen LogP) is 4.56. The lowest BCUT2D eigenvalue weighted by Gasteiger charge is -2.29. The molecule has 1 atom stereocenters. The monoisotopic (exact) mass is 523 g/mol. The van der Waals surface area contributed by atoms with Crippen LogP contribution in [0.15, 0.2) is 108 Å². The number of pyridine rings is 2. The van der Waals surface area contributed by atoms with Crippen LogP contribution in [0.2, 0.25) is 0 Å². The minimum absolute atomic E-state index is 0.205. The maximum absolute atomic E-state index is 10.9. The molecule has 2 N–H and O–H groups in total. The number of para-hydroxylation sites is 1. The molecule has 0 saturated heterocycles. The van der Waals surface area contributed by atoms with Gasteiger partial charge in [0.1, 0.15) is 5.75 Å². The quantitative estimate of drug-likeness (QED) is 0.222. The molecule has 4 aromatic rings. The van der Waals surface area contributed by atoms with E-state index in [0.29, 0.717) is 25.1 Å². The van der Waals surface area contributed by atoms with Gasteiger partial charge in [0.25, 0.3) is 0 Å². The summed E-state index contributed by atoms with van der Waals surface area (Å²) in [6, 6.07) is 29.5. The zero-order valence-electron chi connectivity index (χ0n) is 22.3. The van der Waals surface area contributed by atoms with Crippen LogP contribution in [0, 0.1) is 0 Å². The van der Waals surface area contributed by atoms with Crippen molar-refractivity contribution in [2.45, 2.75) is 32.2 Å². The van der Waals surface area contributed by atoms with E-state index in [-0.39, 0.29) is 5.75 Å². The lowest BCUT2D eigenvalue weighted by Crippen LogP contribution is -2.38. The van der Waals surface area contributed by atoms with Crippen LogP contribution in [0.3, 0.4) is 0 Å². The van der Waals surface area contributed by atoms with Crippen molar-refractivity contribution in [3.05, 3.63) is 126 Å². The summed E-state index contributed by atoms with van der Waals surface area (Å²) in [6.45, 7) is 4.81. The highest BCUT2D eigenvalue weighted by Crippen LogP contribution is 2.13. The third-order valence-electron chi connectivity index (χ3n) is 6.43. The summed E-state index contributed by atoms with van der Waals surface area (Å²) >= 11 is 0. The first-order valence-corrected chi connectivity index (χ1v) is 13.4. The first kappa shape index (κ1) is 28.1. The van der Waals surface area contributed by atoms with E-state index in [0.717, 1.165) is 44.1 Å². The average Bonchev–Trinajstić information content (AvgIpc) is 2.96. The zero-order chi connectivity index (χ0) is 27.1. The molecule has 0 fully saturated rings. The molecule has 0 bridgehead atoms. The molecule has 4 rings (SSSR count). The molecule has 202 valence electrons. The van der Waals surface area contributed by atoms with Crippen molar-refractivity contribution in [1.29, 1.82) is 0 Å². The van der Waals surface area contributed by atoms with Gasteiger partial charge in [0.2, 0.25) is 0 Å². The summed E-state index contributed by atoms with van der Waals surface area (Å²) in [6.07, 6.45) is 5.34. The van der Waals surface area contributed by atoms with E-state index in [9.17, 15) is 10.2 Å². The number of rotatable bonds is 15. The van der Waals surface area contributed by atoms with Gasteiger partial charge < -0.3 is 10.2 Å². The number of nitrogens with zero attached hydrogens (tertiary/aromatic N) is 5. The second-order valence-electron chi connectivity index (χ2n) is 9.61. The van der Waals surface area contributed by atoms with Crippen molar-refractivity contribution in [1.82, 2.24) is 19.8 Å². The standard InChI is InChI=1S/C32H37N5O2/c38-31(16-19-33-22-28-12-4-5-15-32(28)39)26-36(23-27-10-2-1-3-11-27)20-21-37(24-29-13-6-8-17-34-29)25-30-14-7-9-18-35-30/h1-15,17-18,22,31,38-39H,16,19-21,23-26H2/t31-/m1/s1. The number of benzene rings is 2. The highest BCUT2D eigenvalue weighted by Gasteiger charge is 2.16. The highest BCUT2D eigenvalue weighted by atomic mass is 16.3.